The molecule has 3 heterocycles. The van der Waals surface area contributed by atoms with Crippen molar-refractivity contribution in [3.8, 4) is 10.7 Å². The molecule has 102 valence electrons. The van der Waals surface area contributed by atoms with Crippen LogP contribution in [0.15, 0.2) is 35.8 Å². The molecule has 0 unspecified atom stereocenters. The van der Waals surface area contributed by atoms with Crippen LogP contribution in [-0.4, -0.2) is 20.5 Å². The van der Waals surface area contributed by atoms with Crippen molar-refractivity contribution < 1.29 is 0 Å². The Labute approximate surface area is 121 Å². The van der Waals surface area contributed by atoms with E-state index in [4.69, 9.17) is 0 Å². The van der Waals surface area contributed by atoms with Gasteiger partial charge < -0.3 is 5.32 Å². The summed E-state index contributed by atoms with van der Waals surface area (Å²) in [6, 6.07) is 7.93. The Morgan fingerprint density at radius 1 is 1.10 bits per heavy atom. The van der Waals surface area contributed by atoms with Gasteiger partial charge in [0.25, 0.3) is 0 Å². The largest absolute Gasteiger partial charge is 0.365 e. The van der Waals surface area contributed by atoms with Crippen molar-refractivity contribution in [3.05, 3.63) is 35.8 Å². The molecule has 4 nitrogen and oxygen atoms in total. The van der Waals surface area contributed by atoms with Gasteiger partial charge in [0.1, 0.15) is 5.82 Å². The molecule has 1 N–H and O–H groups in total. The second-order valence-electron chi connectivity index (χ2n) is 5.62. The zero-order valence-electron chi connectivity index (χ0n) is 11.7. The molecule has 0 saturated carbocycles. The molecule has 0 radical (unpaired) electrons. The molecule has 0 spiro atoms. The minimum atomic E-state index is -0.0656. The van der Waals surface area contributed by atoms with Crippen LogP contribution in [0.1, 0.15) is 20.8 Å². The van der Waals surface area contributed by atoms with Gasteiger partial charge in [0.2, 0.25) is 0 Å². The number of nitrogens with zero attached hydrogens (tertiary/aromatic N) is 3. The fourth-order valence-corrected chi connectivity index (χ4v) is 2.59. The summed E-state index contributed by atoms with van der Waals surface area (Å²) in [4.78, 5) is 14.6. The Balaban J connectivity index is 2.20. The number of nitrogens with one attached hydrogen (secondary N) is 1. The van der Waals surface area contributed by atoms with E-state index in [2.05, 4.69) is 41.0 Å². The van der Waals surface area contributed by atoms with E-state index in [1.165, 1.54) is 0 Å². The van der Waals surface area contributed by atoms with E-state index in [1.54, 1.807) is 17.5 Å². The molecule has 0 aromatic carbocycles. The summed E-state index contributed by atoms with van der Waals surface area (Å²) < 4.78 is 0. The van der Waals surface area contributed by atoms with Gasteiger partial charge in [-0.15, -0.1) is 11.3 Å². The summed E-state index contributed by atoms with van der Waals surface area (Å²) in [5.74, 6) is 1.55. The molecule has 20 heavy (non-hydrogen) atoms. The molecular formula is C15H16N4S. The number of thiophene rings is 1. The first-order valence-electron chi connectivity index (χ1n) is 6.48. The number of rotatable bonds is 2. The van der Waals surface area contributed by atoms with Gasteiger partial charge in [0.05, 0.1) is 10.3 Å². The zero-order chi connectivity index (χ0) is 14.2. The predicted octanol–water partition coefficient (Wildman–Crippen LogP) is 3.96. The highest BCUT2D eigenvalue weighted by molar-refractivity contribution is 7.13. The molecule has 0 aliphatic carbocycles. The molecule has 0 aliphatic rings. The van der Waals surface area contributed by atoms with Crippen molar-refractivity contribution in [1.29, 1.82) is 0 Å². The SMILES string of the molecule is CC(C)(C)Nc1nc(-c2cccs2)nc2ncccc12. The molecule has 0 saturated heterocycles. The molecule has 0 aliphatic heterocycles. The minimum Gasteiger partial charge on any atom is -0.365 e. The van der Waals surface area contributed by atoms with Crippen LogP contribution in [0.3, 0.4) is 0 Å². The molecule has 3 aromatic heterocycles. The number of aromatic nitrogens is 3. The van der Waals surface area contributed by atoms with Gasteiger partial charge in [-0.3, -0.25) is 0 Å². The van der Waals surface area contributed by atoms with E-state index in [-0.39, 0.29) is 5.54 Å². The van der Waals surface area contributed by atoms with Crippen LogP contribution in [-0.2, 0) is 0 Å². The van der Waals surface area contributed by atoms with Crippen LogP contribution in [0.2, 0.25) is 0 Å². The van der Waals surface area contributed by atoms with Crippen molar-refractivity contribution in [1.82, 2.24) is 15.0 Å². The van der Waals surface area contributed by atoms with Crippen molar-refractivity contribution in [2.24, 2.45) is 0 Å². The summed E-state index contributed by atoms with van der Waals surface area (Å²) >= 11 is 1.63. The maximum atomic E-state index is 4.68. The summed E-state index contributed by atoms with van der Waals surface area (Å²) in [6.07, 6.45) is 1.76. The first-order chi connectivity index (χ1) is 9.53. The van der Waals surface area contributed by atoms with E-state index >= 15 is 0 Å². The minimum absolute atomic E-state index is 0.0656. The van der Waals surface area contributed by atoms with Crippen LogP contribution >= 0.6 is 11.3 Å². The highest BCUT2D eigenvalue weighted by Gasteiger charge is 2.15. The van der Waals surface area contributed by atoms with E-state index in [0.717, 1.165) is 27.6 Å². The average Bonchev–Trinajstić information content (AvgIpc) is 2.90. The topological polar surface area (TPSA) is 50.7 Å². The highest BCUT2D eigenvalue weighted by Crippen LogP contribution is 2.27. The van der Waals surface area contributed by atoms with Gasteiger partial charge in [-0.05, 0) is 44.4 Å². The second kappa shape index (κ2) is 4.83. The van der Waals surface area contributed by atoms with E-state index in [0.29, 0.717) is 0 Å². The van der Waals surface area contributed by atoms with Crippen LogP contribution in [0.4, 0.5) is 5.82 Å². The third kappa shape index (κ3) is 2.63. The van der Waals surface area contributed by atoms with E-state index in [1.807, 2.05) is 29.6 Å². The Morgan fingerprint density at radius 2 is 1.95 bits per heavy atom. The number of hydrogen-bond donors (Lipinski definition) is 1. The lowest BCUT2D eigenvalue weighted by Crippen LogP contribution is -2.27. The molecule has 5 heteroatoms. The summed E-state index contributed by atoms with van der Waals surface area (Å²) in [6.45, 7) is 6.34. The lowest BCUT2D eigenvalue weighted by molar-refractivity contribution is 0.631. The predicted molar refractivity (Wildman–Crippen MR) is 84.0 cm³/mol. The van der Waals surface area contributed by atoms with E-state index in [9.17, 15) is 0 Å². The fraction of sp³-hybridized carbons (Fsp3) is 0.267. The Kier molecular flexibility index (Phi) is 3.14. The van der Waals surface area contributed by atoms with Crippen LogP contribution in [0.5, 0.6) is 0 Å². The Bertz CT molecular complexity index is 729. The molecule has 0 bridgehead atoms. The van der Waals surface area contributed by atoms with Crippen LogP contribution in [0.25, 0.3) is 21.7 Å². The lowest BCUT2D eigenvalue weighted by Gasteiger charge is -2.22. The quantitative estimate of drug-likeness (QED) is 0.773. The van der Waals surface area contributed by atoms with Gasteiger partial charge in [0, 0.05) is 11.7 Å². The average molecular weight is 284 g/mol. The summed E-state index contributed by atoms with van der Waals surface area (Å²) in [7, 11) is 0. The number of fused-ring (bicyclic) bond motifs is 1. The maximum Gasteiger partial charge on any atom is 0.173 e. The molecule has 0 atom stereocenters. The van der Waals surface area contributed by atoms with Gasteiger partial charge in [0.15, 0.2) is 11.5 Å². The molecule has 3 aromatic rings. The molecule has 0 fully saturated rings. The van der Waals surface area contributed by atoms with Crippen LogP contribution < -0.4 is 5.32 Å². The summed E-state index contributed by atoms with van der Waals surface area (Å²) in [5, 5.41) is 6.41. The molecule has 0 amide bonds. The van der Waals surface area contributed by atoms with Crippen molar-refractivity contribution in [2.75, 3.05) is 5.32 Å². The van der Waals surface area contributed by atoms with E-state index < -0.39 is 0 Å². The zero-order valence-corrected chi connectivity index (χ0v) is 12.5. The monoisotopic (exact) mass is 284 g/mol. The summed E-state index contributed by atoms with van der Waals surface area (Å²) in [5.41, 5.74) is 0.654. The third-order valence-corrected chi connectivity index (χ3v) is 3.57. The Morgan fingerprint density at radius 3 is 2.65 bits per heavy atom. The lowest BCUT2D eigenvalue weighted by atomic mass is 10.1. The van der Waals surface area contributed by atoms with Crippen LogP contribution in [0, 0.1) is 0 Å². The van der Waals surface area contributed by atoms with Gasteiger partial charge >= 0.3 is 0 Å². The molecule has 3 rings (SSSR count). The number of hydrogen-bond acceptors (Lipinski definition) is 5. The molecular weight excluding hydrogens is 268 g/mol. The van der Waals surface area contributed by atoms with Crippen molar-refractivity contribution >= 4 is 28.2 Å². The smallest absolute Gasteiger partial charge is 0.173 e. The second-order valence-corrected chi connectivity index (χ2v) is 6.57. The normalized spacial score (nSPS) is 11.8. The number of anilines is 1. The standard InChI is InChI=1S/C15H16N4S/c1-15(2,3)19-13-10-6-4-8-16-12(10)17-14(18-13)11-7-5-9-20-11/h4-9H,1-3H3,(H,16,17,18,19). The first kappa shape index (κ1) is 13.0. The first-order valence-corrected chi connectivity index (χ1v) is 7.36. The van der Waals surface area contributed by atoms with Crippen molar-refractivity contribution in [3.63, 3.8) is 0 Å². The maximum absolute atomic E-state index is 4.68. The van der Waals surface area contributed by atoms with Crippen molar-refractivity contribution in [2.45, 2.75) is 26.3 Å². The van der Waals surface area contributed by atoms with Gasteiger partial charge in [-0.1, -0.05) is 6.07 Å². The Hall–Kier alpha value is -2.01. The third-order valence-electron chi connectivity index (χ3n) is 2.71. The van der Waals surface area contributed by atoms with Gasteiger partial charge in [-0.25, -0.2) is 15.0 Å². The number of pyridine rings is 1. The van der Waals surface area contributed by atoms with Gasteiger partial charge in [-0.2, -0.15) is 0 Å². The highest BCUT2D eigenvalue weighted by atomic mass is 32.1. The fourth-order valence-electron chi connectivity index (χ4n) is 1.93.